The minimum absolute atomic E-state index is 0.0952. The van der Waals surface area contributed by atoms with Gasteiger partial charge >= 0.3 is 0 Å². The highest BCUT2D eigenvalue weighted by Gasteiger charge is 2.24. The van der Waals surface area contributed by atoms with Crippen molar-refractivity contribution in [1.82, 2.24) is 30.5 Å². The van der Waals surface area contributed by atoms with Gasteiger partial charge in [-0.1, -0.05) is 5.92 Å². The second kappa shape index (κ2) is 11.3. The summed E-state index contributed by atoms with van der Waals surface area (Å²) in [5.74, 6) is 6.14. The van der Waals surface area contributed by atoms with Gasteiger partial charge in [-0.05, 0) is 88.1 Å². The molecule has 5 rings (SSSR count). The van der Waals surface area contributed by atoms with E-state index in [4.69, 9.17) is 5.73 Å². The van der Waals surface area contributed by atoms with Gasteiger partial charge in [0, 0.05) is 41.3 Å². The van der Waals surface area contributed by atoms with Crippen LogP contribution in [0.15, 0.2) is 48.8 Å². The average Bonchev–Trinajstić information content (AvgIpc) is 3.74. The lowest BCUT2D eigenvalue weighted by Gasteiger charge is -2.29. The second-order valence-electron chi connectivity index (χ2n) is 9.67. The van der Waals surface area contributed by atoms with Crippen molar-refractivity contribution < 1.29 is 9.59 Å². The summed E-state index contributed by atoms with van der Waals surface area (Å²) in [6.45, 7) is 1.90. The number of hydrogen-bond acceptors (Lipinski definition) is 8. The predicted octanol–water partition coefficient (Wildman–Crippen LogP) is 2.31. The number of carbonyl (C=O) groups excluding carboxylic acids is 2. The number of nitrogens with one attached hydrogen (secondary N) is 3. The molecule has 3 heterocycles. The van der Waals surface area contributed by atoms with Gasteiger partial charge in [0.15, 0.2) is 0 Å². The first-order chi connectivity index (χ1) is 18.4. The van der Waals surface area contributed by atoms with Gasteiger partial charge in [-0.2, -0.15) is 4.98 Å². The van der Waals surface area contributed by atoms with Gasteiger partial charge in [-0.25, -0.2) is 9.97 Å². The van der Waals surface area contributed by atoms with Crippen molar-refractivity contribution in [2.45, 2.75) is 37.8 Å². The Labute approximate surface area is 221 Å². The average molecular weight is 511 g/mol. The third kappa shape index (κ3) is 6.63. The molecule has 1 aliphatic heterocycles. The van der Waals surface area contributed by atoms with Crippen LogP contribution >= 0.6 is 0 Å². The Balaban J connectivity index is 1.18. The molecule has 2 aromatic heterocycles. The molecular weight excluding hydrogens is 480 g/mol. The molecule has 0 unspecified atom stereocenters. The normalized spacial score (nSPS) is 15.7. The molecular formula is C28H30N8O2. The number of pyridine rings is 1. The lowest BCUT2D eigenvalue weighted by molar-refractivity contribution is 0.0915. The number of nitrogens with two attached hydrogens (primary N) is 1. The summed E-state index contributed by atoms with van der Waals surface area (Å²) in [6.07, 6.45) is 6.92. The number of benzene rings is 1. The first-order valence-electron chi connectivity index (χ1n) is 12.7. The lowest BCUT2D eigenvalue weighted by atomic mass is 10.1. The van der Waals surface area contributed by atoms with E-state index in [0.29, 0.717) is 23.2 Å². The topological polar surface area (TPSA) is 138 Å². The number of nitrogen functional groups attached to an aromatic ring is 1. The van der Waals surface area contributed by atoms with E-state index in [2.05, 4.69) is 54.7 Å². The van der Waals surface area contributed by atoms with Crippen LogP contribution in [0.5, 0.6) is 0 Å². The van der Waals surface area contributed by atoms with Gasteiger partial charge in [0.1, 0.15) is 11.5 Å². The summed E-state index contributed by atoms with van der Waals surface area (Å²) in [5, 5.41) is 9.09. The van der Waals surface area contributed by atoms with Crippen LogP contribution in [0.4, 0.5) is 17.5 Å². The van der Waals surface area contributed by atoms with Crippen LogP contribution in [0.3, 0.4) is 0 Å². The van der Waals surface area contributed by atoms with Crippen LogP contribution < -0.4 is 21.7 Å². The summed E-state index contributed by atoms with van der Waals surface area (Å²) in [6, 6.07) is 11.2. The van der Waals surface area contributed by atoms with E-state index in [1.54, 1.807) is 18.3 Å². The Hall–Kier alpha value is -4.49. The minimum Gasteiger partial charge on any atom is -0.383 e. The third-order valence-corrected chi connectivity index (χ3v) is 6.53. The van der Waals surface area contributed by atoms with Gasteiger partial charge in [0.25, 0.3) is 11.8 Å². The molecule has 0 atom stereocenters. The first-order valence-corrected chi connectivity index (χ1v) is 12.7. The number of hydrogen-bond donors (Lipinski definition) is 4. The van der Waals surface area contributed by atoms with E-state index >= 15 is 0 Å². The third-order valence-electron chi connectivity index (χ3n) is 6.53. The monoisotopic (exact) mass is 510 g/mol. The summed E-state index contributed by atoms with van der Waals surface area (Å²) in [7, 11) is 2.08. The van der Waals surface area contributed by atoms with Crippen LogP contribution in [0, 0.1) is 11.8 Å². The van der Waals surface area contributed by atoms with Gasteiger partial charge in [-0.15, -0.1) is 0 Å². The molecule has 1 aliphatic carbocycles. The van der Waals surface area contributed by atoms with Crippen LogP contribution in [0.25, 0.3) is 0 Å². The molecule has 5 N–H and O–H groups in total. The summed E-state index contributed by atoms with van der Waals surface area (Å²) in [4.78, 5) is 39.9. The van der Waals surface area contributed by atoms with Crippen molar-refractivity contribution in [3.63, 3.8) is 0 Å². The summed E-state index contributed by atoms with van der Waals surface area (Å²) < 4.78 is 0. The maximum Gasteiger partial charge on any atom is 0.256 e. The molecule has 0 spiro atoms. The number of likely N-dealkylation sites (tertiary alicyclic amines) is 1. The predicted molar refractivity (Wildman–Crippen MR) is 145 cm³/mol. The molecule has 2 amide bonds. The molecule has 2 aliphatic rings. The molecule has 0 radical (unpaired) electrons. The number of nitrogens with zero attached hydrogens (tertiary/aromatic N) is 4. The highest BCUT2D eigenvalue weighted by molar-refractivity contribution is 5.98. The zero-order valence-electron chi connectivity index (χ0n) is 21.2. The smallest absolute Gasteiger partial charge is 0.256 e. The lowest BCUT2D eigenvalue weighted by Crippen LogP contribution is -2.43. The van der Waals surface area contributed by atoms with Crippen molar-refractivity contribution in [2.24, 2.45) is 0 Å². The van der Waals surface area contributed by atoms with Crippen LogP contribution in [0.1, 0.15) is 57.7 Å². The van der Waals surface area contributed by atoms with Crippen molar-refractivity contribution in [2.75, 3.05) is 31.2 Å². The van der Waals surface area contributed by atoms with Gasteiger partial charge in [0.2, 0.25) is 5.95 Å². The van der Waals surface area contributed by atoms with Crippen molar-refractivity contribution in [3.8, 4) is 11.8 Å². The minimum atomic E-state index is -0.255. The fraction of sp³-hybridized carbons (Fsp3) is 0.321. The van der Waals surface area contributed by atoms with Crippen LogP contribution in [-0.4, -0.2) is 63.9 Å². The van der Waals surface area contributed by atoms with Crippen molar-refractivity contribution in [1.29, 1.82) is 0 Å². The Kier molecular flexibility index (Phi) is 7.47. The molecule has 3 aromatic rings. The molecule has 10 nitrogen and oxygen atoms in total. The fourth-order valence-electron chi connectivity index (χ4n) is 4.08. The number of amides is 2. The molecule has 1 aromatic carbocycles. The Morgan fingerprint density at radius 2 is 1.66 bits per heavy atom. The maximum absolute atomic E-state index is 12.6. The summed E-state index contributed by atoms with van der Waals surface area (Å²) >= 11 is 0. The molecule has 1 saturated carbocycles. The van der Waals surface area contributed by atoms with Crippen LogP contribution in [-0.2, 0) is 0 Å². The second-order valence-corrected chi connectivity index (χ2v) is 9.67. The number of aromatic nitrogens is 3. The first kappa shape index (κ1) is 25.2. The summed E-state index contributed by atoms with van der Waals surface area (Å²) in [5.41, 5.74) is 8.95. The molecule has 2 fully saturated rings. The zero-order valence-corrected chi connectivity index (χ0v) is 21.2. The van der Waals surface area contributed by atoms with Crippen LogP contribution in [0.2, 0.25) is 0 Å². The highest BCUT2D eigenvalue weighted by Crippen LogP contribution is 2.20. The van der Waals surface area contributed by atoms with E-state index in [1.165, 1.54) is 6.20 Å². The molecule has 1 saturated heterocycles. The number of piperidine rings is 1. The van der Waals surface area contributed by atoms with Gasteiger partial charge < -0.3 is 26.6 Å². The largest absolute Gasteiger partial charge is 0.383 e. The highest BCUT2D eigenvalue weighted by atomic mass is 16.2. The van der Waals surface area contributed by atoms with E-state index in [1.807, 2.05) is 24.3 Å². The molecule has 194 valence electrons. The number of anilines is 3. The molecule has 0 bridgehead atoms. The Morgan fingerprint density at radius 1 is 0.947 bits per heavy atom. The van der Waals surface area contributed by atoms with E-state index in [-0.39, 0.29) is 29.2 Å². The molecule has 38 heavy (non-hydrogen) atoms. The SMILES string of the molecule is CN1CCC(NC(=O)c2cnc(Nc3ccc(C#Cc4cc(C(=O)NC5CC5)ccn4)cc3)nc2N)CC1. The standard InChI is InChI=1S/C28H30N8O2/c1-36-14-11-22(12-15-36)33-27(38)24-17-31-28(35-25(24)29)34-21-5-2-18(3-6-21)4-7-23-16-19(10-13-30-23)26(37)32-20-8-9-20/h2-3,5-6,10,13,16-17,20,22H,8-9,11-12,14-15H2,1H3,(H,32,37)(H,33,38)(H3,29,31,34,35). The van der Waals surface area contributed by atoms with E-state index in [9.17, 15) is 9.59 Å². The van der Waals surface area contributed by atoms with Gasteiger partial charge in [0.05, 0.1) is 5.56 Å². The van der Waals surface area contributed by atoms with Gasteiger partial charge in [-0.3, -0.25) is 9.59 Å². The van der Waals surface area contributed by atoms with E-state index < -0.39 is 0 Å². The molecule has 10 heteroatoms. The van der Waals surface area contributed by atoms with E-state index in [0.717, 1.165) is 50.0 Å². The van der Waals surface area contributed by atoms with Crippen molar-refractivity contribution in [3.05, 3.63) is 71.2 Å². The zero-order chi connectivity index (χ0) is 26.5. The van der Waals surface area contributed by atoms with Crippen molar-refractivity contribution >= 4 is 29.3 Å². The fourth-order valence-corrected chi connectivity index (χ4v) is 4.08. The number of rotatable bonds is 6. The Bertz CT molecular complexity index is 1380. The number of carbonyl (C=O) groups is 2. The maximum atomic E-state index is 12.6. The quantitative estimate of drug-likeness (QED) is 0.371. The Morgan fingerprint density at radius 3 is 2.37 bits per heavy atom.